The van der Waals surface area contributed by atoms with Gasteiger partial charge in [-0.2, -0.15) is 0 Å². The zero-order chi connectivity index (χ0) is 27.7. The standard InChI is InChI=1S/C27H25ClF2N6O3/c1-15-11-32-21(20-4-5-31-27(34-20)35-6-7-38-17(3)13-35)10-23(15)36-16(2)8-24(25(28)26(36)37)39-14-22-19(30)9-18(29)12-33-22/h4-5,8-12,17H,6-7,13-14H2,1-3H3/t17-/m1/s1. The molecule has 0 amide bonds. The van der Waals surface area contributed by atoms with Crippen molar-refractivity contribution in [2.75, 3.05) is 24.6 Å². The summed E-state index contributed by atoms with van der Waals surface area (Å²) in [7, 11) is 0. The fraction of sp³-hybridized carbons (Fsp3) is 0.296. The van der Waals surface area contributed by atoms with E-state index in [4.69, 9.17) is 26.1 Å². The molecule has 0 radical (unpaired) electrons. The van der Waals surface area contributed by atoms with Gasteiger partial charge in [0, 0.05) is 43.3 Å². The number of ether oxygens (including phenoxy) is 2. The van der Waals surface area contributed by atoms with Crippen molar-refractivity contribution < 1.29 is 18.3 Å². The van der Waals surface area contributed by atoms with Gasteiger partial charge < -0.3 is 14.4 Å². The fourth-order valence-electron chi connectivity index (χ4n) is 4.32. The molecule has 1 atom stereocenters. The van der Waals surface area contributed by atoms with Gasteiger partial charge in [-0.05, 0) is 38.5 Å². The molecule has 1 saturated heterocycles. The van der Waals surface area contributed by atoms with Gasteiger partial charge in [-0.25, -0.2) is 18.7 Å². The Labute approximate surface area is 228 Å². The number of pyridine rings is 3. The predicted molar refractivity (Wildman–Crippen MR) is 141 cm³/mol. The summed E-state index contributed by atoms with van der Waals surface area (Å²) < 4.78 is 39.8. The Bertz CT molecular complexity index is 1600. The monoisotopic (exact) mass is 554 g/mol. The maximum absolute atomic E-state index is 14.0. The average Bonchev–Trinajstić information content (AvgIpc) is 2.92. The number of anilines is 1. The highest BCUT2D eigenvalue weighted by Gasteiger charge is 2.21. The van der Waals surface area contributed by atoms with E-state index in [1.54, 1.807) is 37.5 Å². The number of aryl methyl sites for hydroxylation is 2. The first-order valence-electron chi connectivity index (χ1n) is 12.2. The van der Waals surface area contributed by atoms with Crippen LogP contribution in [-0.2, 0) is 11.3 Å². The zero-order valence-electron chi connectivity index (χ0n) is 21.5. The first-order valence-corrected chi connectivity index (χ1v) is 12.6. The number of morpholine rings is 1. The van der Waals surface area contributed by atoms with E-state index in [2.05, 4.69) is 19.9 Å². The van der Waals surface area contributed by atoms with Crippen LogP contribution in [0.1, 0.15) is 23.9 Å². The van der Waals surface area contributed by atoms with Crippen LogP contribution < -0.4 is 15.2 Å². The Morgan fingerprint density at radius 3 is 2.72 bits per heavy atom. The Balaban J connectivity index is 1.46. The third-order valence-corrected chi connectivity index (χ3v) is 6.64. The molecular formula is C27H25ClF2N6O3. The van der Waals surface area contributed by atoms with Crippen molar-refractivity contribution in [1.29, 1.82) is 0 Å². The van der Waals surface area contributed by atoms with Gasteiger partial charge in [0.2, 0.25) is 5.95 Å². The van der Waals surface area contributed by atoms with Gasteiger partial charge in [0.15, 0.2) is 5.82 Å². The predicted octanol–water partition coefficient (Wildman–Crippen LogP) is 4.44. The molecule has 0 aromatic carbocycles. The van der Waals surface area contributed by atoms with Crippen molar-refractivity contribution in [2.24, 2.45) is 0 Å². The second kappa shape index (κ2) is 11.0. The van der Waals surface area contributed by atoms with E-state index in [0.717, 1.165) is 11.8 Å². The molecular weight excluding hydrogens is 530 g/mol. The number of rotatable bonds is 6. The van der Waals surface area contributed by atoms with E-state index >= 15 is 0 Å². The summed E-state index contributed by atoms with van der Waals surface area (Å²) in [5.74, 6) is -1.01. The Kier molecular flexibility index (Phi) is 7.53. The highest BCUT2D eigenvalue weighted by Crippen LogP contribution is 2.27. The number of halogens is 3. The van der Waals surface area contributed by atoms with E-state index in [1.807, 2.05) is 13.8 Å². The molecule has 1 aliphatic rings. The van der Waals surface area contributed by atoms with Crippen LogP contribution in [0, 0.1) is 25.5 Å². The molecule has 4 aromatic rings. The summed E-state index contributed by atoms with van der Waals surface area (Å²) in [6, 6.07) is 5.82. The van der Waals surface area contributed by atoms with Gasteiger partial charge in [0.1, 0.15) is 28.9 Å². The Morgan fingerprint density at radius 2 is 1.95 bits per heavy atom. The first-order chi connectivity index (χ1) is 18.7. The lowest BCUT2D eigenvalue weighted by atomic mass is 10.1. The minimum atomic E-state index is -0.855. The summed E-state index contributed by atoms with van der Waals surface area (Å²) in [5.41, 5.74) is 2.36. The number of hydrogen-bond donors (Lipinski definition) is 0. The third-order valence-electron chi connectivity index (χ3n) is 6.29. The van der Waals surface area contributed by atoms with Crippen molar-refractivity contribution in [2.45, 2.75) is 33.5 Å². The molecule has 0 aliphatic carbocycles. The minimum absolute atomic E-state index is 0.0630. The minimum Gasteiger partial charge on any atom is -0.485 e. The van der Waals surface area contributed by atoms with Gasteiger partial charge in [0.05, 0.1) is 36.0 Å². The van der Waals surface area contributed by atoms with Gasteiger partial charge in [-0.15, -0.1) is 0 Å². The van der Waals surface area contributed by atoms with E-state index in [-0.39, 0.29) is 29.2 Å². The van der Waals surface area contributed by atoms with Crippen molar-refractivity contribution >= 4 is 17.5 Å². The summed E-state index contributed by atoms with van der Waals surface area (Å²) in [6.07, 6.45) is 4.31. The molecule has 9 nitrogen and oxygen atoms in total. The molecule has 1 fully saturated rings. The van der Waals surface area contributed by atoms with Crippen LogP contribution in [0.2, 0.25) is 5.02 Å². The largest absolute Gasteiger partial charge is 0.485 e. The summed E-state index contributed by atoms with van der Waals surface area (Å²) in [5, 5.41) is -0.188. The molecule has 0 saturated carbocycles. The van der Waals surface area contributed by atoms with E-state index < -0.39 is 17.2 Å². The third kappa shape index (κ3) is 5.59. The summed E-state index contributed by atoms with van der Waals surface area (Å²) in [4.78, 5) is 32.8. The van der Waals surface area contributed by atoms with Crippen molar-refractivity contribution in [3.8, 4) is 22.8 Å². The summed E-state index contributed by atoms with van der Waals surface area (Å²) >= 11 is 6.39. The lowest BCUT2D eigenvalue weighted by Gasteiger charge is -2.31. The molecule has 5 rings (SSSR count). The lowest BCUT2D eigenvalue weighted by Crippen LogP contribution is -2.42. The second-order valence-electron chi connectivity index (χ2n) is 9.20. The van der Waals surface area contributed by atoms with Crippen LogP contribution >= 0.6 is 11.6 Å². The van der Waals surface area contributed by atoms with Crippen LogP contribution in [0.3, 0.4) is 0 Å². The Morgan fingerprint density at radius 1 is 1.13 bits per heavy atom. The van der Waals surface area contributed by atoms with Crippen LogP contribution in [0.15, 0.2) is 47.7 Å². The number of hydrogen-bond acceptors (Lipinski definition) is 8. The molecule has 0 unspecified atom stereocenters. The van der Waals surface area contributed by atoms with Gasteiger partial charge in [0.25, 0.3) is 5.56 Å². The SMILES string of the molecule is Cc1cnc(-c2ccnc(N3CCO[C@H](C)C3)n2)cc1-n1c(C)cc(OCc2ncc(F)cc2F)c(Cl)c1=O. The zero-order valence-corrected chi connectivity index (χ0v) is 22.2. The van der Waals surface area contributed by atoms with Crippen LogP contribution in [0.5, 0.6) is 5.75 Å². The molecule has 1 aliphatic heterocycles. The molecule has 5 heterocycles. The van der Waals surface area contributed by atoms with Gasteiger partial charge in [-0.3, -0.25) is 19.3 Å². The van der Waals surface area contributed by atoms with E-state index in [1.165, 1.54) is 4.57 Å². The van der Waals surface area contributed by atoms with Crippen LogP contribution in [-0.4, -0.2) is 50.3 Å². The molecule has 39 heavy (non-hydrogen) atoms. The van der Waals surface area contributed by atoms with Gasteiger partial charge >= 0.3 is 0 Å². The molecule has 4 aromatic heterocycles. The number of aromatic nitrogens is 5. The second-order valence-corrected chi connectivity index (χ2v) is 9.58. The Hall–Kier alpha value is -3.96. The summed E-state index contributed by atoms with van der Waals surface area (Å²) in [6.45, 7) is 7.20. The molecule has 0 bridgehead atoms. The highest BCUT2D eigenvalue weighted by atomic mass is 35.5. The first kappa shape index (κ1) is 26.6. The molecule has 202 valence electrons. The maximum atomic E-state index is 14.0. The van der Waals surface area contributed by atoms with E-state index in [9.17, 15) is 13.6 Å². The van der Waals surface area contributed by atoms with Crippen molar-refractivity contribution in [3.63, 3.8) is 0 Å². The van der Waals surface area contributed by atoms with Crippen LogP contribution in [0.25, 0.3) is 17.1 Å². The van der Waals surface area contributed by atoms with Crippen molar-refractivity contribution in [1.82, 2.24) is 24.5 Å². The molecule has 0 N–H and O–H groups in total. The lowest BCUT2D eigenvalue weighted by molar-refractivity contribution is 0.0526. The average molecular weight is 555 g/mol. The maximum Gasteiger partial charge on any atom is 0.277 e. The van der Waals surface area contributed by atoms with Gasteiger partial charge in [-0.1, -0.05) is 11.6 Å². The molecule has 12 heteroatoms. The highest BCUT2D eigenvalue weighted by molar-refractivity contribution is 6.31. The smallest absolute Gasteiger partial charge is 0.277 e. The quantitative estimate of drug-likeness (QED) is 0.345. The van der Waals surface area contributed by atoms with Crippen LogP contribution in [0.4, 0.5) is 14.7 Å². The topological polar surface area (TPSA) is 95.3 Å². The normalized spacial score (nSPS) is 15.4. The van der Waals surface area contributed by atoms with Crippen molar-refractivity contribution in [3.05, 3.63) is 86.8 Å². The van der Waals surface area contributed by atoms with E-state index in [0.29, 0.717) is 54.5 Å². The molecule has 0 spiro atoms. The number of nitrogens with zero attached hydrogens (tertiary/aromatic N) is 6. The fourth-order valence-corrected chi connectivity index (χ4v) is 4.51.